The minimum absolute atomic E-state index is 0.442. The van der Waals surface area contributed by atoms with Crippen LogP contribution in [0, 0.1) is 6.92 Å². The third-order valence-electron chi connectivity index (χ3n) is 2.90. The topological polar surface area (TPSA) is 63.8 Å². The zero-order chi connectivity index (χ0) is 13.0. The van der Waals surface area contributed by atoms with Crippen molar-refractivity contribution in [3.05, 3.63) is 29.8 Å². The van der Waals surface area contributed by atoms with E-state index in [0.29, 0.717) is 17.8 Å². The van der Waals surface area contributed by atoms with Gasteiger partial charge in [-0.1, -0.05) is 5.16 Å². The van der Waals surface area contributed by atoms with Crippen molar-refractivity contribution in [2.24, 2.45) is 0 Å². The molecule has 0 saturated heterocycles. The van der Waals surface area contributed by atoms with E-state index in [1.165, 1.54) is 0 Å². The SMILES string of the molecule is CNC(C)CCc1nc(-c2cc(C)ccn2)no1. The number of hydrogen-bond acceptors (Lipinski definition) is 5. The quantitative estimate of drug-likeness (QED) is 0.874. The van der Waals surface area contributed by atoms with Crippen LogP contribution in [0.4, 0.5) is 0 Å². The predicted octanol–water partition coefficient (Wildman–Crippen LogP) is 1.98. The van der Waals surface area contributed by atoms with Gasteiger partial charge in [0.25, 0.3) is 0 Å². The summed E-state index contributed by atoms with van der Waals surface area (Å²) >= 11 is 0. The number of nitrogens with one attached hydrogen (secondary N) is 1. The summed E-state index contributed by atoms with van der Waals surface area (Å²) in [5.41, 5.74) is 1.89. The van der Waals surface area contributed by atoms with Crippen molar-refractivity contribution in [2.45, 2.75) is 32.7 Å². The van der Waals surface area contributed by atoms with Gasteiger partial charge in [-0.2, -0.15) is 4.98 Å². The van der Waals surface area contributed by atoms with Gasteiger partial charge >= 0.3 is 0 Å². The molecule has 1 atom stereocenters. The molecule has 0 aliphatic heterocycles. The molecule has 0 aliphatic rings. The van der Waals surface area contributed by atoms with E-state index in [2.05, 4.69) is 27.4 Å². The van der Waals surface area contributed by atoms with Crippen LogP contribution in [0.1, 0.15) is 24.8 Å². The summed E-state index contributed by atoms with van der Waals surface area (Å²) in [5, 5.41) is 7.14. The summed E-state index contributed by atoms with van der Waals surface area (Å²) in [6, 6.07) is 4.33. The highest BCUT2D eigenvalue weighted by atomic mass is 16.5. The lowest BCUT2D eigenvalue weighted by Crippen LogP contribution is -2.21. The van der Waals surface area contributed by atoms with Crippen molar-refractivity contribution in [2.75, 3.05) is 7.05 Å². The zero-order valence-corrected chi connectivity index (χ0v) is 11.0. The van der Waals surface area contributed by atoms with E-state index in [0.717, 1.165) is 24.1 Å². The summed E-state index contributed by atoms with van der Waals surface area (Å²) in [7, 11) is 1.95. The molecule has 2 aromatic rings. The average Bonchev–Trinajstić information content (AvgIpc) is 2.84. The maximum Gasteiger partial charge on any atom is 0.227 e. The van der Waals surface area contributed by atoms with Gasteiger partial charge in [0.05, 0.1) is 0 Å². The lowest BCUT2D eigenvalue weighted by molar-refractivity contribution is 0.369. The van der Waals surface area contributed by atoms with Crippen LogP contribution in [0.15, 0.2) is 22.9 Å². The number of aromatic nitrogens is 3. The van der Waals surface area contributed by atoms with Crippen LogP contribution >= 0.6 is 0 Å². The van der Waals surface area contributed by atoms with Crippen LogP contribution < -0.4 is 5.32 Å². The maximum absolute atomic E-state index is 5.22. The minimum atomic E-state index is 0.442. The fourth-order valence-electron chi connectivity index (χ4n) is 1.60. The van der Waals surface area contributed by atoms with Crippen molar-refractivity contribution in [3.8, 4) is 11.5 Å². The first-order valence-electron chi connectivity index (χ1n) is 6.12. The second-order valence-corrected chi connectivity index (χ2v) is 4.46. The van der Waals surface area contributed by atoms with Gasteiger partial charge in [0.2, 0.25) is 11.7 Å². The molecule has 0 bridgehead atoms. The Balaban J connectivity index is 2.06. The Morgan fingerprint density at radius 1 is 1.44 bits per heavy atom. The highest BCUT2D eigenvalue weighted by molar-refractivity contribution is 5.48. The van der Waals surface area contributed by atoms with E-state index in [1.54, 1.807) is 6.20 Å². The van der Waals surface area contributed by atoms with Gasteiger partial charge in [-0.3, -0.25) is 4.98 Å². The highest BCUT2D eigenvalue weighted by Crippen LogP contribution is 2.14. The van der Waals surface area contributed by atoms with E-state index in [1.807, 2.05) is 26.1 Å². The number of rotatable bonds is 5. The number of aryl methyl sites for hydroxylation is 2. The molecule has 96 valence electrons. The fraction of sp³-hybridized carbons (Fsp3) is 0.462. The summed E-state index contributed by atoms with van der Waals surface area (Å²) in [5.74, 6) is 1.22. The smallest absolute Gasteiger partial charge is 0.227 e. The molecule has 2 heterocycles. The molecule has 0 aliphatic carbocycles. The summed E-state index contributed by atoms with van der Waals surface area (Å²) in [6.45, 7) is 4.14. The van der Waals surface area contributed by atoms with E-state index < -0.39 is 0 Å². The molecular formula is C13H18N4O. The molecule has 0 saturated carbocycles. The normalized spacial score (nSPS) is 12.6. The molecule has 0 fully saturated rings. The molecule has 0 aromatic carbocycles. The zero-order valence-electron chi connectivity index (χ0n) is 11.0. The number of pyridine rings is 1. The van der Waals surface area contributed by atoms with Gasteiger partial charge < -0.3 is 9.84 Å². The Labute approximate surface area is 107 Å². The molecule has 0 radical (unpaired) electrons. The van der Waals surface area contributed by atoms with Gasteiger partial charge in [-0.25, -0.2) is 0 Å². The predicted molar refractivity (Wildman–Crippen MR) is 69.1 cm³/mol. The molecule has 18 heavy (non-hydrogen) atoms. The fourth-order valence-corrected chi connectivity index (χ4v) is 1.60. The van der Waals surface area contributed by atoms with Gasteiger partial charge in [-0.05, 0) is 45.0 Å². The van der Waals surface area contributed by atoms with Crippen LogP contribution in [-0.2, 0) is 6.42 Å². The van der Waals surface area contributed by atoms with Crippen LogP contribution in [0.25, 0.3) is 11.5 Å². The molecule has 2 rings (SSSR count). The van der Waals surface area contributed by atoms with Gasteiger partial charge in [0.1, 0.15) is 5.69 Å². The summed E-state index contributed by atoms with van der Waals surface area (Å²) < 4.78 is 5.22. The first-order chi connectivity index (χ1) is 8.69. The summed E-state index contributed by atoms with van der Waals surface area (Å²) in [4.78, 5) is 8.60. The second kappa shape index (κ2) is 5.73. The third kappa shape index (κ3) is 3.13. The van der Waals surface area contributed by atoms with Crippen LogP contribution in [0.5, 0.6) is 0 Å². The van der Waals surface area contributed by atoms with E-state index in [9.17, 15) is 0 Å². The van der Waals surface area contributed by atoms with Gasteiger partial charge in [0.15, 0.2) is 0 Å². The second-order valence-electron chi connectivity index (χ2n) is 4.46. The maximum atomic E-state index is 5.22. The van der Waals surface area contributed by atoms with Crippen LogP contribution in [0.2, 0.25) is 0 Å². The van der Waals surface area contributed by atoms with E-state index in [4.69, 9.17) is 4.52 Å². The number of nitrogens with zero attached hydrogens (tertiary/aromatic N) is 3. The first kappa shape index (κ1) is 12.7. The van der Waals surface area contributed by atoms with Crippen LogP contribution in [0.3, 0.4) is 0 Å². The minimum Gasteiger partial charge on any atom is -0.339 e. The molecule has 0 amide bonds. The Kier molecular flexibility index (Phi) is 4.04. The molecular weight excluding hydrogens is 228 g/mol. The van der Waals surface area contributed by atoms with Gasteiger partial charge in [-0.15, -0.1) is 0 Å². The lowest BCUT2D eigenvalue weighted by Gasteiger charge is -2.06. The Morgan fingerprint density at radius 2 is 2.28 bits per heavy atom. The van der Waals surface area contributed by atoms with Crippen molar-refractivity contribution in [1.29, 1.82) is 0 Å². The molecule has 0 spiro atoms. The molecule has 5 nitrogen and oxygen atoms in total. The Bertz CT molecular complexity index is 509. The van der Waals surface area contributed by atoms with Crippen molar-refractivity contribution < 1.29 is 4.52 Å². The molecule has 2 aromatic heterocycles. The largest absolute Gasteiger partial charge is 0.339 e. The monoisotopic (exact) mass is 246 g/mol. The van der Waals surface area contributed by atoms with E-state index in [-0.39, 0.29) is 0 Å². The Morgan fingerprint density at radius 3 is 3.00 bits per heavy atom. The number of hydrogen-bond donors (Lipinski definition) is 1. The highest BCUT2D eigenvalue weighted by Gasteiger charge is 2.10. The summed E-state index contributed by atoms with van der Waals surface area (Å²) in [6.07, 6.45) is 3.50. The molecule has 5 heteroatoms. The lowest BCUT2D eigenvalue weighted by atomic mass is 10.2. The molecule has 1 N–H and O–H groups in total. The van der Waals surface area contributed by atoms with Crippen molar-refractivity contribution in [1.82, 2.24) is 20.4 Å². The average molecular weight is 246 g/mol. The van der Waals surface area contributed by atoms with Crippen molar-refractivity contribution in [3.63, 3.8) is 0 Å². The standard InChI is InChI=1S/C13H18N4O/c1-9-6-7-15-11(8-9)13-16-12(18-17-13)5-4-10(2)14-3/h6-8,10,14H,4-5H2,1-3H3. The first-order valence-corrected chi connectivity index (χ1v) is 6.12. The third-order valence-corrected chi connectivity index (χ3v) is 2.90. The van der Waals surface area contributed by atoms with Gasteiger partial charge in [0, 0.05) is 18.7 Å². The van der Waals surface area contributed by atoms with E-state index >= 15 is 0 Å². The van der Waals surface area contributed by atoms with Crippen LogP contribution in [-0.4, -0.2) is 28.2 Å². The van der Waals surface area contributed by atoms with Crippen molar-refractivity contribution >= 4 is 0 Å². The Hall–Kier alpha value is -1.75. The molecule has 1 unspecified atom stereocenters.